The number of carbonyl (C=O) groups is 1. The van der Waals surface area contributed by atoms with Gasteiger partial charge in [-0.3, -0.25) is 4.79 Å². The van der Waals surface area contributed by atoms with E-state index >= 15 is 0 Å². The van der Waals surface area contributed by atoms with Gasteiger partial charge in [0.05, 0.1) is 19.1 Å². The molecule has 2 atom stereocenters. The Morgan fingerprint density at radius 2 is 2.20 bits per heavy atom. The zero-order valence-electron chi connectivity index (χ0n) is 12.2. The van der Waals surface area contributed by atoms with Gasteiger partial charge in [0.1, 0.15) is 0 Å². The number of hydrogen-bond donors (Lipinski definition) is 0. The van der Waals surface area contributed by atoms with Gasteiger partial charge in [-0.2, -0.15) is 0 Å². The smallest absolute Gasteiger partial charge is 0.314 e. The first-order valence-corrected chi connectivity index (χ1v) is 7.13. The van der Waals surface area contributed by atoms with Gasteiger partial charge in [0.25, 0.3) is 0 Å². The second kappa shape index (κ2) is 7.41. The van der Waals surface area contributed by atoms with Crippen molar-refractivity contribution >= 4 is 5.97 Å². The van der Waals surface area contributed by atoms with Crippen LogP contribution in [0.4, 0.5) is 0 Å². The molecule has 0 saturated carbocycles. The van der Waals surface area contributed by atoms with Crippen molar-refractivity contribution in [1.82, 2.24) is 4.90 Å². The molecule has 0 aliphatic carbocycles. The quantitative estimate of drug-likeness (QED) is 0.746. The highest BCUT2D eigenvalue weighted by Gasteiger charge is 2.25. The van der Waals surface area contributed by atoms with E-state index in [1.165, 1.54) is 7.11 Å². The third-order valence-corrected chi connectivity index (χ3v) is 3.72. The van der Waals surface area contributed by atoms with E-state index in [-0.39, 0.29) is 11.9 Å². The lowest BCUT2D eigenvalue weighted by molar-refractivity contribution is -0.143. The molecule has 1 saturated heterocycles. The normalized spacial score (nSPS) is 20.1. The summed E-state index contributed by atoms with van der Waals surface area (Å²) in [6.07, 6.45) is 2.55. The third kappa shape index (κ3) is 4.05. The van der Waals surface area contributed by atoms with Crippen LogP contribution in [0.2, 0.25) is 0 Å². The maximum absolute atomic E-state index is 12.0. The van der Waals surface area contributed by atoms with Crippen molar-refractivity contribution in [2.75, 3.05) is 33.9 Å². The van der Waals surface area contributed by atoms with Gasteiger partial charge in [-0.1, -0.05) is 30.3 Å². The van der Waals surface area contributed by atoms with Gasteiger partial charge in [0.2, 0.25) is 0 Å². The molecule has 4 heteroatoms. The molecule has 0 bridgehead atoms. The van der Waals surface area contributed by atoms with E-state index < -0.39 is 0 Å². The lowest BCUT2D eigenvalue weighted by Gasteiger charge is -2.24. The average Bonchev–Trinajstić information content (AvgIpc) is 2.97. The van der Waals surface area contributed by atoms with Gasteiger partial charge >= 0.3 is 5.97 Å². The van der Waals surface area contributed by atoms with Crippen molar-refractivity contribution in [2.45, 2.75) is 24.9 Å². The van der Waals surface area contributed by atoms with Crippen LogP contribution in [0.25, 0.3) is 0 Å². The summed E-state index contributed by atoms with van der Waals surface area (Å²) >= 11 is 0. The van der Waals surface area contributed by atoms with Crippen molar-refractivity contribution in [3.05, 3.63) is 35.9 Å². The molecule has 0 radical (unpaired) electrons. The third-order valence-electron chi connectivity index (χ3n) is 3.72. The van der Waals surface area contributed by atoms with E-state index in [4.69, 9.17) is 9.47 Å². The molecule has 0 N–H and O–H groups in total. The van der Waals surface area contributed by atoms with Gasteiger partial charge in [0, 0.05) is 19.7 Å². The zero-order chi connectivity index (χ0) is 14.4. The van der Waals surface area contributed by atoms with Crippen molar-refractivity contribution in [3.8, 4) is 0 Å². The highest BCUT2D eigenvalue weighted by atomic mass is 16.5. The van der Waals surface area contributed by atoms with Crippen LogP contribution in [0.15, 0.2) is 30.3 Å². The Kier molecular flexibility index (Phi) is 5.56. The molecule has 0 amide bonds. The van der Waals surface area contributed by atoms with E-state index in [2.05, 4.69) is 4.90 Å². The molecule has 20 heavy (non-hydrogen) atoms. The fourth-order valence-corrected chi connectivity index (χ4v) is 2.67. The highest BCUT2D eigenvalue weighted by Crippen LogP contribution is 2.20. The second-order valence-corrected chi connectivity index (χ2v) is 5.34. The van der Waals surface area contributed by atoms with E-state index in [0.29, 0.717) is 12.6 Å². The van der Waals surface area contributed by atoms with Crippen LogP contribution < -0.4 is 0 Å². The Balaban J connectivity index is 1.98. The molecule has 1 aliphatic heterocycles. The number of benzene rings is 1. The van der Waals surface area contributed by atoms with Gasteiger partial charge in [0.15, 0.2) is 0 Å². The van der Waals surface area contributed by atoms with Crippen molar-refractivity contribution in [1.29, 1.82) is 0 Å². The van der Waals surface area contributed by atoms with Crippen molar-refractivity contribution in [3.63, 3.8) is 0 Å². The molecule has 0 aromatic heterocycles. The summed E-state index contributed by atoms with van der Waals surface area (Å²) in [7, 11) is 3.47. The van der Waals surface area contributed by atoms with Crippen LogP contribution in [-0.2, 0) is 14.3 Å². The summed E-state index contributed by atoms with van der Waals surface area (Å²) in [5.74, 6) is -0.428. The maximum Gasteiger partial charge on any atom is 0.314 e. The minimum Gasteiger partial charge on any atom is -0.469 e. The van der Waals surface area contributed by atoms with E-state index in [0.717, 1.165) is 31.6 Å². The minimum atomic E-state index is -0.243. The zero-order valence-corrected chi connectivity index (χ0v) is 12.2. The first-order valence-electron chi connectivity index (χ1n) is 7.13. The summed E-state index contributed by atoms with van der Waals surface area (Å²) in [5.41, 5.74) is 0.999. The molecular formula is C16H23NO3. The van der Waals surface area contributed by atoms with Gasteiger partial charge < -0.3 is 14.4 Å². The first kappa shape index (κ1) is 15.0. The monoisotopic (exact) mass is 277 g/mol. The molecule has 1 fully saturated rings. The van der Waals surface area contributed by atoms with Crippen molar-refractivity contribution < 1.29 is 14.3 Å². The number of rotatable bonds is 6. The fourth-order valence-electron chi connectivity index (χ4n) is 2.67. The summed E-state index contributed by atoms with van der Waals surface area (Å²) in [5, 5.41) is 0. The topological polar surface area (TPSA) is 38.8 Å². The Bertz CT molecular complexity index is 415. The molecule has 1 aromatic carbocycles. The van der Waals surface area contributed by atoms with Crippen LogP contribution in [0, 0.1) is 0 Å². The Labute approximate surface area is 120 Å². The second-order valence-electron chi connectivity index (χ2n) is 5.34. The van der Waals surface area contributed by atoms with Crippen LogP contribution in [0.3, 0.4) is 0 Å². The lowest BCUT2D eigenvalue weighted by atomic mass is 9.98. The van der Waals surface area contributed by atoms with E-state index in [1.807, 2.05) is 37.4 Å². The summed E-state index contributed by atoms with van der Waals surface area (Å²) in [4.78, 5) is 14.2. The largest absolute Gasteiger partial charge is 0.469 e. The molecule has 1 aromatic rings. The Morgan fingerprint density at radius 1 is 1.45 bits per heavy atom. The molecule has 2 rings (SSSR count). The van der Waals surface area contributed by atoms with Crippen LogP contribution in [0.5, 0.6) is 0 Å². The fraction of sp³-hybridized carbons (Fsp3) is 0.562. The van der Waals surface area contributed by atoms with Gasteiger partial charge in [-0.05, 0) is 25.5 Å². The Hall–Kier alpha value is -1.39. The van der Waals surface area contributed by atoms with Gasteiger partial charge in [-0.25, -0.2) is 0 Å². The standard InChI is InChI=1S/C16H23NO3/c1-17(11-14-9-6-10-20-14)12-15(16(18)19-2)13-7-4-3-5-8-13/h3-5,7-8,14-15H,6,9-12H2,1-2H3. The van der Waals surface area contributed by atoms with E-state index in [9.17, 15) is 4.79 Å². The van der Waals surface area contributed by atoms with Crippen LogP contribution >= 0.6 is 0 Å². The predicted molar refractivity (Wildman–Crippen MR) is 77.7 cm³/mol. The number of likely N-dealkylation sites (N-methyl/N-ethyl adjacent to an activating group) is 1. The van der Waals surface area contributed by atoms with Crippen LogP contribution in [-0.4, -0.2) is 50.8 Å². The SMILES string of the molecule is COC(=O)C(CN(C)CC1CCCO1)c1ccccc1. The van der Waals surface area contributed by atoms with Crippen LogP contribution in [0.1, 0.15) is 24.3 Å². The molecule has 110 valence electrons. The summed E-state index contributed by atoms with van der Waals surface area (Å²) < 4.78 is 10.6. The average molecular weight is 277 g/mol. The number of ether oxygens (including phenoxy) is 2. The number of hydrogen-bond acceptors (Lipinski definition) is 4. The maximum atomic E-state index is 12.0. The molecular weight excluding hydrogens is 254 g/mol. The number of methoxy groups -OCH3 is 1. The number of carbonyl (C=O) groups excluding carboxylic acids is 1. The predicted octanol–water partition coefficient (Wildman–Crippen LogP) is 2.05. The number of esters is 1. The highest BCUT2D eigenvalue weighted by molar-refractivity contribution is 5.78. The molecule has 4 nitrogen and oxygen atoms in total. The van der Waals surface area contributed by atoms with Gasteiger partial charge in [-0.15, -0.1) is 0 Å². The molecule has 1 aliphatic rings. The van der Waals surface area contributed by atoms with Crippen molar-refractivity contribution in [2.24, 2.45) is 0 Å². The summed E-state index contributed by atoms with van der Waals surface area (Å²) in [6.45, 7) is 2.37. The molecule has 1 heterocycles. The lowest BCUT2D eigenvalue weighted by Crippen LogP contribution is -2.34. The van der Waals surface area contributed by atoms with E-state index in [1.54, 1.807) is 0 Å². The molecule has 2 unspecified atom stereocenters. The Morgan fingerprint density at radius 3 is 2.80 bits per heavy atom. The number of nitrogens with zero attached hydrogens (tertiary/aromatic N) is 1. The summed E-state index contributed by atoms with van der Waals surface area (Å²) in [6, 6.07) is 9.80. The minimum absolute atomic E-state index is 0.185. The molecule has 0 spiro atoms. The first-order chi connectivity index (χ1) is 9.70.